The predicted molar refractivity (Wildman–Crippen MR) is 90.4 cm³/mol. The Morgan fingerprint density at radius 1 is 1.26 bits per heavy atom. The van der Waals surface area contributed by atoms with Crippen molar-refractivity contribution in [2.75, 3.05) is 36.6 Å². The molecule has 0 spiro atoms. The molecule has 3 rings (SSSR count). The molecule has 6 nitrogen and oxygen atoms in total. The number of morpholine rings is 1. The van der Waals surface area contributed by atoms with Gasteiger partial charge in [-0.1, -0.05) is 28.1 Å². The number of hydrogen-bond donors (Lipinski definition) is 1. The highest BCUT2D eigenvalue weighted by Crippen LogP contribution is 2.18. The van der Waals surface area contributed by atoms with Crippen LogP contribution in [0.2, 0.25) is 0 Å². The van der Waals surface area contributed by atoms with Gasteiger partial charge in [-0.25, -0.2) is 14.8 Å². The second-order valence-corrected chi connectivity index (χ2v) is 5.80. The Morgan fingerprint density at radius 2 is 2.00 bits per heavy atom. The van der Waals surface area contributed by atoms with E-state index in [0.717, 1.165) is 16.2 Å². The van der Waals surface area contributed by atoms with Crippen LogP contribution < -0.4 is 10.3 Å². The summed E-state index contributed by atoms with van der Waals surface area (Å²) in [7, 11) is 0. The van der Waals surface area contributed by atoms with Gasteiger partial charge in [0.15, 0.2) is 11.6 Å². The second kappa shape index (κ2) is 7.47. The lowest BCUT2D eigenvalue weighted by Gasteiger charge is -2.27. The maximum absolute atomic E-state index is 13.9. The van der Waals surface area contributed by atoms with E-state index in [1.807, 2.05) is 29.2 Å². The van der Waals surface area contributed by atoms with Crippen molar-refractivity contribution in [1.29, 1.82) is 0 Å². The lowest BCUT2D eigenvalue weighted by molar-refractivity contribution is 0.122. The smallest absolute Gasteiger partial charge is 0.245 e. The molecule has 0 atom stereocenters. The molecule has 1 N–H and O–H groups in total. The monoisotopic (exact) mass is 379 g/mol. The third-order valence-corrected chi connectivity index (χ3v) is 3.81. The SMILES string of the molecule is Fc1cnc(NN=Cc2ccc(Br)cc2)nc1N1CCOCC1. The molecule has 2 heterocycles. The maximum atomic E-state index is 13.9. The molecule has 1 aromatic heterocycles. The summed E-state index contributed by atoms with van der Waals surface area (Å²) in [5, 5.41) is 4.08. The third kappa shape index (κ3) is 4.23. The van der Waals surface area contributed by atoms with Gasteiger partial charge in [0.1, 0.15) is 0 Å². The van der Waals surface area contributed by atoms with Gasteiger partial charge in [0.2, 0.25) is 5.95 Å². The van der Waals surface area contributed by atoms with Crippen molar-refractivity contribution in [3.05, 3.63) is 46.3 Å². The molecular weight excluding hydrogens is 365 g/mol. The van der Waals surface area contributed by atoms with Crippen molar-refractivity contribution in [2.45, 2.75) is 0 Å². The van der Waals surface area contributed by atoms with Gasteiger partial charge in [0.25, 0.3) is 0 Å². The first kappa shape index (κ1) is 15.8. The maximum Gasteiger partial charge on any atom is 0.245 e. The van der Waals surface area contributed by atoms with Crippen molar-refractivity contribution in [2.24, 2.45) is 5.10 Å². The Labute approximate surface area is 141 Å². The molecule has 0 saturated carbocycles. The van der Waals surface area contributed by atoms with Gasteiger partial charge in [-0.15, -0.1) is 0 Å². The quantitative estimate of drug-likeness (QED) is 0.653. The van der Waals surface area contributed by atoms with Crippen molar-refractivity contribution in [1.82, 2.24) is 9.97 Å². The van der Waals surface area contributed by atoms with Gasteiger partial charge >= 0.3 is 0 Å². The molecule has 1 aliphatic rings. The van der Waals surface area contributed by atoms with Gasteiger partial charge in [0.05, 0.1) is 25.6 Å². The lowest BCUT2D eigenvalue weighted by atomic mass is 10.2. The van der Waals surface area contributed by atoms with Crippen LogP contribution in [0, 0.1) is 5.82 Å². The molecule has 1 aliphatic heterocycles. The standard InChI is InChI=1S/C15H15BrFN5O/c16-12-3-1-11(2-4-12)9-19-21-15-18-10-13(17)14(20-15)22-5-7-23-8-6-22/h1-4,9-10H,5-8H2,(H,18,20,21). The first-order valence-corrected chi connectivity index (χ1v) is 7.91. The average Bonchev–Trinajstić information content (AvgIpc) is 2.59. The van der Waals surface area contributed by atoms with Gasteiger partial charge in [0, 0.05) is 17.6 Å². The van der Waals surface area contributed by atoms with Crippen molar-refractivity contribution in [3.63, 3.8) is 0 Å². The van der Waals surface area contributed by atoms with E-state index in [2.05, 4.69) is 36.4 Å². The summed E-state index contributed by atoms with van der Waals surface area (Å²) < 4.78 is 20.2. The van der Waals surface area contributed by atoms with Crippen LogP contribution in [0.4, 0.5) is 16.2 Å². The average molecular weight is 380 g/mol. The summed E-state index contributed by atoms with van der Waals surface area (Å²) in [6, 6.07) is 7.68. The number of nitrogens with zero attached hydrogens (tertiary/aromatic N) is 4. The third-order valence-electron chi connectivity index (χ3n) is 3.28. The van der Waals surface area contributed by atoms with Gasteiger partial charge in [-0.2, -0.15) is 10.1 Å². The summed E-state index contributed by atoms with van der Waals surface area (Å²) in [5.41, 5.74) is 3.65. The van der Waals surface area contributed by atoms with E-state index in [9.17, 15) is 4.39 Å². The van der Waals surface area contributed by atoms with Crippen LogP contribution in [-0.4, -0.2) is 42.5 Å². The molecular formula is C15H15BrFN5O. The highest BCUT2D eigenvalue weighted by atomic mass is 79.9. The van der Waals surface area contributed by atoms with E-state index in [1.54, 1.807) is 6.21 Å². The summed E-state index contributed by atoms with van der Waals surface area (Å²) in [5.74, 6) is 0.0697. The Kier molecular flexibility index (Phi) is 5.14. The topological polar surface area (TPSA) is 62.6 Å². The van der Waals surface area contributed by atoms with E-state index < -0.39 is 5.82 Å². The van der Waals surface area contributed by atoms with E-state index in [4.69, 9.17) is 4.74 Å². The number of aromatic nitrogens is 2. The van der Waals surface area contributed by atoms with E-state index >= 15 is 0 Å². The van der Waals surface area contributed by atoms with Gasteiger partial charge in [-0.3, -0.25) is 0 Å². The second-order valence-electron chi connectivity index (χ2n) is 4.89. The van der Waals surface area contributed by atoms with Crippen molar-refractivity contribution >= 4 is 33.9 Å². The molecule has 2 aromatic rings. The first-order chi connectivity index (χ1) is 11.2. The zero-order valence-corrected chi connectivity index (χ0v) is 13.8. The number of ether oxygens (including phenoxy) is 1. The molecule has 0 amide bonds. The Balaban J connectivity index is 1.69. The Bertz CT molecular complexity index is 689. The molecule has 8 heteroatoms. The van der Waals surface area contributed by atoms with Gasteiger partial charge < -0.3 is 9.64 Å². The molecule has 0 aliphatic carbocycles. The number of nitrogens with one attached hydrogen (secondary N) is 1. The molecule has 0 unspecified atom stereocenters. The minimum Gasteiger partial charge on any atom is -0.378 e. The predicted octanol–water partition coefficient (Wildman–Crippen LogP) is 2.66. The number of hydrogen-bond acceptors (Lipinski definition) is 6. The molecule has 1 fully saturated rings. The van der Waals surface area contributed by atoms with Crippen LogP contribution in [0.3, 0.4) is 0 Å². The van der Waals surface area contributed by atoms with Crippen LogP contribution in [0.25, 0.3) is 0 Å². The minimum atomic E-state index is -0.450. The minimum absolute atomic E-state index is 0.251. The molecule has 120 valence electrons. The van der Waals surface area contributed by atoms with Crippen LogP contribution in [0.1, 0.15) is 5.56 Å². The van der Waals surface area contributed by atoms with Crippen molar-refractivity contribution in [3.8, 4) is 0 Å². The fourth-order valence-electron chi connectivity index (χ4n) is 2.12. The van der Waals surface area contributed by atoms with Crippen LogP contribution in [0.15, 0.2) is 40.0 Å². The fraction of sp³-hybridized carbons (Fsp3) is 0.267. The first-order valence-electron chi connectivity index (χ1n) is 7.12. The van der Waals surface area contributed by atoms with E-state index in [0.29, 0.717) is 26.3 Å². The lowest BCUT2D eigenvalue weighted by Crippen LogP contribution is -2.37. The van der Waals surface area contributed by atoms with Crippen molar-refractivity contribution < 1.29 is 9.13 Å². The highest BCUT2D eigenvalue weighted by Gasteiger charge is 2.17. The summed E-state index contributed by atoms with van der Waals surface area (Å²) in [4.78, 5) is 9.93. The highest BCUT2D eigenvalue weighted by molar-refractivity contribution is 9.10. The summed E-state index contributed by atoms with van der Waals surface area (Å²) in [6.45, 7) is 2.34. The van der Waals surface area contributed by atoms with Crippen LogP contribution in [0.5, 0.6) is 0 Å². The van der Waals surface area contributed by atoms with Gasteiger partial charge in [-0.05, 0) is 17.7 Å². The molecule has 0 radical (unpaired) electrons. The number of halogens is 2. The molecule has 1 saturated heterocycles. The number of rotatable bonds is 4. The summed E-state index contributed by atoms with van der Waals surface area (Å²) >= 11 is 3.37. The van der Waals surface area contributed by atoms with E-state index in [1.165, 1.54) is 0 Å². The van der Waals surface area contributed by atoms with Crippen LogP contribution in [-0.2, 0) is 4.74 Å². The Morgan fingerprint density at radius 3 is 2.74 bits per heavy atom. The fourth-order valence-corrected chi connectivity index (χ4v) is 2.39. The largest absolute Gasteiger partial charge is 0.378 e. The normalized spacial score (nSPS) is 15.1. The zero-order chi connectivity index (χ0) is 16.1. The number of hydrazone groups is 1. The zero-order valence-electron chi connectivity index (χ0n) is 12.2. The number of benzene rings is 1. The molecule has 23 heavy (non-hydrogen) atoms. The van der Waals surface area contributed by atoms with Crippen LogP contribution >= 0.6 is 15.9 Å². The Hall–Kier alpha value is -2.06. The summed E-state index contributed by atoms with van der Waals surface area (Å²) in [6.07, 6.45) is 2.79. The van der Waals surface area contributed by atoms with E-state index in [-0.39, 0.29) is 11.8 Å². The molecule has 0 bridgehead atoms. The molecule has 1 aromatic carbocycles. The number of anilines is 2.